The summed E-state index contributed by atoms with van der Waals surface area (Å²) in [6.07, 6.45) is 6.64. The highest BCUT2D eigenvalue weighted by Gasteiger charge is 2.28. The number of hydrogen-bond donors (Lipinski definition) is 1. The second kappa shape index (κ2) is 8.13. The van der Waals surface area contributed by atoms with Crippen LogP contribution in [0.1, 0.15) is 31.4 Å². The third-order valence-corrected chi connectivity index (χ3v) is 5.19. The van der Waals surface area contributed by atoms with Crippen LogP contribution < -0.4 is 5.32 Å². The smallest absolute Gasteiger partial charge is 0.169 e. The maximum Gasteiger partial charge on any atom is 0.169 e. The van der Waals surface area contributed by atoms with Crippen molar-refractivity contribution in [1.82, 2.24) is 15.1 Å². The summed E-state index contributed by atoms with van der Waals surface area (Å²) in [5.74, 6) is 0.910. The van der Waals surface area contributed by atoms with Gasteiger partial charge in [-0.05, 0) is 70.2 Å². The second-order valence-electron chi connectivity index (χ2n) is 6.56. The van der Waals surface area contributed by atoms with E-state index in [1.807, 2.05) is 12.1 Å². The Balaban J connectivity index is 1.59. The van der Waals surface area contributed by atoms with Crippen molar-refractivity contribution in [2.24, 2.45) is 0 Å². The lowest BCUT2D eigenvalue weighted by Gasteiger charge is -2.39. The van der Waals surface area contributed by atoms with Gasteiger partial charge in [-0.25, -0.2) is 0 Å². The van der Waals surface area contributed by atoms with Crippen molar-refractivity contribution in [1.29, 1.82) is 0 Å². The number of nitrogens with zero attached hydrogens (tertiary/aromatic N) is 2. The van der Waals surface area contributed by atoms with Crippen LogP contribution in [0.5, 0.6) is 0 Å². The first-order valence-corrected chi connectivity index (χ1v) is 9.00. The third-order valence-electron chi connectivity index (χ3n) is 4.81. The third kappa shape index (κ3) is 4.68. The molecule has 128 valence electrons. The Morgan fingerprint density at radius 2 is 2.22 bits per heavy atom. The van der Waals surface area contributed by atoms with Crippen molar-refractivity contribution in [2.45, 2.75) is 44.4 Å². The van der Waals surface area contributed by atoms with Crippen molar-refractivity contribution in [3.05, 3.63) is 24.2 Å². The molecule has 23 heavy (non-hydrogen) atoms. The molecule has 1 atom stereocenters. The highest BCUT2D eigenvalue weighted by Crippen LogP contribution is 2.20. The maximum absolute atomic E-state index is 5.84. The van der Waals surface area contributed by atoms with Crippen molar-refractivity contribution in [3.8, 4) is 0 Å². The molecule has 3 heterocycles. The molecule has 0 aromatic carbocycles. The fraction of sp³-hybridized carbons (Fsp3) is 0.706. The van der Waals surface area contributed by atoms with Crippen LogP contribution in [0.2, 0.25) is 0 Å². The number of thiocarbonyl (C=S) groups is 1. The van der Waals surface area contributed by atoms with Gasteiger partial charge in [0.1, 0.15) is 5.76 Å². The van der Waals surface area contributed by atoms with Gasteiger partial charge in [-0.3, -0.25) is 0 Å². The molecule has 6 heteroatoms. The van der Waals surface area contributed by atoms with Crippen LogP contribution in [0.3, 0.4) is 0 Å². The summed E-state index contributed by atoms with van der Waals surface area (Å²) in [4.78, 5) is 4.75. The Morgan fingerprint density at radius 3 is 2.87 bits per heavy atom. The predicted molar refractivity (Wildman–Crippen MR) is 94.3 cm³/mol. The van der Waals surface area contributed by atoms with Gasteiger partial charge in [-0.15, -0.1) is 0 Å². The van der Waals surface area contributed by atoms with Crippen LogP contribution in [0.15, 0.2) is 22.8 Å². The molecule has 1 aromatic heterocycles. The molecule has 2 aliphatic rings. The Bertz CT molecular complexity index is 480. The molecule has 0 spiro atoms. The van der Waals surface area contributed by atoms with Crippen molar-refractivity contribution in [2.75, 3.05) is 33.3 Å². The van der Waals surface area contributed by atoms with E-state index < -0.39 is 0 Å². The summed E-state index contributed by atoms with van der Waals surface area (Å²) in [7, 11) is 2.19. The molecule has 1 unspecified atom stereocenters. The highest BCUT2D eigenvalue weighted by atomic mass is 32.1. The first-order chi connectivity index (χ1) is 11.2. The minimum atomic E-state index is 0.318. The van der Waals surface area contributed by atoms with E-state index in [0.717, 1.165) is 56.4 Å². The summed E-state index contributed by atoms with van der Waals surface area (Å²) < 4.78 is 11.2. The quantitative estimate of drug-likeness (QED) is 0.831. The summed E-state index contributed by atoms with van der Waals surface area (Å²) in [5.41, 5.74) is 0. The van der Waals surface area contributed by atoms with Crippen LogP contribution in [0.4, 0.5) is 0 Å². The summed E-state index contributed by atoms with van der Waals surface area (Å²) >= 11 is 5.70. The van der Waals surface area contributed by atoms with E-state index in [4.69, 9.17) is 21.4 Å². The summed E-state index contributed by atoms with van der Waals surface area (Å²) in [6.45, 7) is 4.69. The van der Waals surface area contributed by atoms with E-state index >= 15 is 0 Å². The second-order valence-corrected chi connectivity index (χ2v) is 6.95. The van der Waals surface area contributed by atoms with Crippen LogP contribution >= 0.6 is 12.2 Å². The van der Waals surface area contributed by atoms with E-state index in [2.05, 4.69) is 22.2 Å². The fourth-order valence-electron chi connectivity index (χ4n) is 3.39. The minimum Gasteiger partial charge on any atom is -0.467 e. The van der Waals surface area contributed by atoms with Crippen LogP contribution in [0.25, 0.3) is 0 Å². The van der Waals surface area contributed by atoms with Crippen molar-refractivity contribution >= 4 is 17.3 Å². The maximum atomic E-state index is 5.84. The first-order valence-electron chi connectivity index (χ1n) is 8.59. The molecule has 0 saturated carbocycles. The van der Waals surface area contributed by atoms with E-state index in [9.17, 15) is 0 Å². The fourth-order valence-corrected chi connectivity index (χ4v) is 3.69. The Labute approximate surface area is 144 Å². The SMILES string of the molecule is CN1CCC(N(CC2CCCO2)C(=S)NCc2ccco2)CC1. The Hall–Kier alpha value is -1.11. The van der Waals surface area contributed by atoms with Crippen molar-refractivity contribution < 1.29 is 9.15 Å². The first kappa shape index (κ1) is 16.7. The van der Waals surface area contributed by atoms with Gasteiger partial charge in [-0.1, -0.05) is 0 Å². The average Bonchev–Trinajstić information content (AvgIpc) is 3.25. The molecule has 3 rings (SSSR count). The predicted octanol–water partition coefficient (Wildman–Crippen LogP) is 2.23. The molecular weight excluding hydrogens is 310 g/mol. The number of rotatable bonds is 5. The van der Waals surface area contributed by atoms with Crippen molar-refractivity contribution in [3.63, 3.8) is 0 Å². The van der Waals surface area contributed by atoms with Crippen LogP contribution in [-0.2, 0) is 11.3 Å². The van der Waals surface area contributed by atoms with Gasteiger partial charge in [-0.2, -0.15) is 0 Å². The van der Waals surface area contributed by atoms with Gasteiger partial charge in [0, 0.05) is 19.2 Å². The topological polar surface area (TPSA) is 40.9 Å². The number of hydrogen-bond acceptors (Lipinski definition) is 4. The molecule has 0 bridgehead atoms. The number of piperidine rings is 1. The van der Waals surface area contributed by atoms with Crippen LogP contribution in [0, 0.1) is 0 Å². The molecule has 2 aliphatic heterocycles. The van der Waals surface area contributed by atoms with Gasteiger partial charge in [0.15, 0.2) is 5.11 Å². The lowest BCUT2D eigenvalue weighted by molar-refractivity contribution is 0.0711. The largest absolute Gasteiger partial charge is 0.467 e. The number of ether oxygens (including phenoxy) is 1. The van der Waals surface area contributed by atoms with Gasteiger partial charge in [0.25, 0.3) is 0 Å². The summed E-state index contributed by atoms with van der Waals surface area (Å²) in [6, 6.07) is 4.38. The molecule has 5 nitrogen and oxygen atoms in total. The minimum absolute atomic E-state index is 0.318. The Morgan fingerprint density at radius 1 is 1.39 bits per heavy atom. The van der Waals surface area contributed by atoms with Gasteiger partial charge in [0.2, 0.25) is 0 Å². The standard InChI is InChI=1S/C17H27N3O2S/c1-19-8-6-14(7-9-19)20(13-16-5-3-11-22-16)17(23)18-12-15-4-2-10-21-15/h2,4,10,14,16H,3,5-9,11-13H2,1H3,(H,18,23). The number of nitrogens with one attached hydrogen (secondary N) is 1. The molecule has 1 N–H and O–H groups in total. The van der Waals surface area contributed by atoms with Gasteiger partial charge in [0.05, 0.1) is 18.9 Å². The molecule has 2 saturated heterocycles. The Kier molecular flexibility index (Phi) is 5.91. The zero-order valence-electron chi connectivity index (χ0n) is 13.9. The number of furan rings is 1. The average molecular weight is 337 g/mol. The molecule has 0 amide bonds. The summed E-state index contributed by atoms with van der Waals surface area (Å²) in [5, 5.41) is 4.19. The van der Waals surface area contributed by atoms with Gasteiger partial charge < -0.3 is 24.3 Å². The molecule has 0 radical (unpaired) electrons. The molecule has 2 fully saturated rings. The van der Waals surface area contributed by atoms with E-state index in [1.165, 1.54) is 6.42 Å². The highest BCUT2D eigenvalue weighted by molar-refractivity contribution is 7.80. The van der Waals surface area contributed by atoms with E-state index in [0.29, 0.717) is 18.7 Å². The molecule has 0 aliphatic carbocycles. The normalized spacial score (nSPS) is 23.1. The van der Waals surface area contributed by atoms with E-state index in [-0.39, 0.29) is 0 Å². The lowest BCUT2D eigenvalue weighted by Crippen LogP contribution is -2.52. The van der Waals surface area contributed by atoms with Gasteiger partial charge >= 0.3 is 0 Å². The molecule has 1 aromatic rings. The lowest BCUT2D eigenvalue weighted by atomic mass is 10.0. The van der Waals surface area contributed by atoms with E-state index in [1.54, 1.807) is 6.26 Å². The number of likely N-dealkylation sites (tertiary alicyclic amines) is 1. The molecular formula is C17H27N3O2S. The van der Waals surface area contributed by atoms with Crippen LogP contribution in [-0.4, -0.2) is 60.3 Å². The monoisotopic (exact) mass is 337 g/mol. The zero-order valence-corrected chi connectivity index (χ0v) is 14.7. The zero-order chi connectivity index (χ0) is 16.1.